The summed E-state index contributed by atoms with van der Waals surface area (Å²) in [6.07, 6.45) is 0. The lowest BCUT2D eigenvalue weighted by Crippen LogP contribution is -2.37. The van der Waals surface area contributed by atoms with Crippen LogP contribution in [-0.4, -0.2) is 35.1 Å². The van der Waals surface area contributed by atoms with Crippen LogP contribution >= 0.6 is 0 Å². The van der Waals surface area contributed by atoms with E-state index < -0.39 is 5.97 Å². The van der Waals surface area contributed by atoms with Gasteiger partial charge in [-0.1, -0.05) is 19.1 Å². The summed E-state index contributed by atoms with van der Waals surface area (Å²) < 4.78 is 0. The van der Waals surface area contributed by atoms with E-state index >= 15 is 0 Å². The molecule has 0 rings (SSSR count). The van der Waals surface area contributed by atoms with Crippen LogP contribution in [0.25, 0.3) is 0 Å². The minimum atomic E-state index is -0.739. The largest absolute Gasteiger partial charge is 0.481 e. The molecule has 0 radical (unpaired) electrons. The fraction of sp³-hybridized carbons (Fsp3) is 0.727. The summed E-state index contributed by atoms with van der Waals surface area (Å²) in [5.41, 5.74) is 1.07. The highest BCUT2D eigenvalue weighted by Crippen LogP contribution is 2.07. The average molecular weight is 199 g/mol. The third kappa shape index (κ3) is 5.02. The van der Waals surface area contributed by atoms with Gasteiger partial charge in [-0.15, -0.1) is 0 Å². The molecule has 0 bridgehead atoms. The van der Waals surface area contributed by atoms with E-state index in [9.17, 15) is 4.79 Å². The molecule has 0 aliphatic rings. The zero-order chi connectivity index (χ0) is 11.3. The van der Waals surface area contributed by atoms with E-state index in [1.807, 2.05) is 6.92 Å². The predicted octanol–water partition coefficient (Wildman–Crippen LogP) is 1.99. The monoisotopic (exact) mass is 199 g/mol. The Morgan fingerprint density at radius 3 is 2.21 bits per heavy atom. The van der Waals surface area contributed by atoms with Crippen LogP contribution in [0, 0.1) is 5.92 Å². The second-order valence-electron chi connectivity index (χ2n) is 4.22. The lowest BCUT2D eigenvalue weighted by Gasteiger charge is -2.28. The molecule has 0 fully saturated rings. The highest BCUT2D eigenvalue weighted by atomic mass is 16.4. The average Bonchev–Trinajstić information content (AvgIpc) is 2.01. The zero-order valence-electron chi connectivity index (χ0n) is 9.58. The molecular formula is C11H21NO2. The van der Waals surface area contributed by atoms with Crippen LogP contribution in [0.1, 0.15) is 27.7 Å². The van der Waals surface area contributed by atoms with E-state index in [1.165, 1.54) is 0 Å². The molecular weight excluding hydrogens is 178 g/mol. The Balaban J connectivity index is 4.22. The summed E-state index contributed by atoms with van der Waals surface area (Å²) >= 11 is 0. The van der Waals surface area contributed by atoms with Gasteiger partial charge in [-0.3, -0.25) is 9.69 Å². The van der Waals surface area contributed by atoms with Crippen LogP contribution in [0.15, 0.2) is 12.2 Å². The van der Waals surface area contributed by atoms with Crippen molar-refractivity contribution >= 4 is 5.97 Å². The zero-order valence-corrected chi connectivity index (χ0v) is 9.58. The Morgan fingerprint density at radius 1 is 1.43 bits per heavy atom. The molecule has 0 spiro atoms. The van der Waals surface area contributed by atoms with Crippen LogP contribution in [0.3, 0.4) is 0 Å². The van der Waals surface area contributed by atoms with Crippen molar-refractivity contribution in [1.82, 2.24) is 4.90 Å². The van der Waals surface area contributed by atoms with Gasteiger partial charge in [-0.05, 0) is 20.8 Å². The number of carboxylic acids is 1. The lowest BCUT2D eigenvalue weighted by molar-refractivity contribution is -0.141. The molecule has 1 unspecified atom stereocenters. The van der Waals surface area contributed by atoms with E-state index in [4.69, 9.17) is 5.11 Å². The maximum Gasteiger partial charge on any atom is 0.307 e. The second-order valence-corrected chi connectivity index (χ2v) is 4.22. The van der Waals surface area contributed by atoms with Gasteiger partial charge in [0.25, 0.3) is 0 Å². The molecule has 0 saturated heterocycles. The van der Waals surface area contributed by atoms with Crippen molar-refractivity contribution in [3.8, 4) is 0 Å². The number of carboxylic acid groups (broad SMARTS) is 1. The first-order valence-corrected chi connectivity index (χ1v) is 4.95. The minimum absolute atomic E-state index is 0.322. The van der Waals surface area contributed by atoms with Gasteiger partial charge in [0.15, 0.2) is 0 Å². The van der Waals surface area contributed by atoms with Gasteiger partial charge in [0.2, 0.25) is 0 Å². The van der Waals surface area contributed by atoms with Gasteiger partial charge in [0.05, 0.1) is 5.92 Å². The van der Waals surface area contributed by atoms with E-state index in [1.54, 1.807) is 6.92 Å². The second kappa shape index (κ2) is 5.81. The summed E-state index contributed by atoms with van der Waals surface area (Å²) in [5, 5.41) is 8.80. The topological polar surface area (TPSA) is 40.5 Å². The predicted molar refractivity (Wildman–Crippen MR) is 58.3 cm³/mol. The number of hydrogen-bond acceptors (Lipinski definition) is 2. The Labute approximate surface area is 86.4 Å². The molecule has 0 aliphatic carbocycles. The van der Waals surface area contributed by atoms with Crippen molar-refractivity contribution in [2.75, 3.05) is 13.1 Å². The number of nitrogens with zero attached hydrogens (tertiary/aromatic N) is 1. The SMILES string of the molecule is C=C(C)CN(CC(C)C(=O)O)C(C)C. The first-order chi connectivity index (χ1) is 6.34. The fourth-order valence-corrected chi connectivity index (χ4v) is 1.23. The van der Waals surface area contributed by atoms with Gasteiger partial charge < -0.3 is 5.11 Å². The first kappa shape index (κ1) is 13.2. The van der Waals surface area contributed by atoms with Gasteiger partial charge in [0, 0.05) is 19.1 Å². The van der Waals surface area contributed by atoms with Crippen molar-refractivity contribution in [3.05, 3.63) is 12.2 Å². The summed E-state index contributed by atoms with van der Waals surface area (Å²) in [6, 6.07) is 0.355. The van der Waals surface area contributed by atoms with Crippen LogP contribution in [-0.2, 0) is 4.79 Å². The molecule has 3 heteroatoms. The molecule has 0 aromatic heterocycles. The maximum atomic E-state index is 10.7. The molecule has 0 aliphatic heterocycles. The van der Waals surface area contributed by atoms with E-state index in [2.05, 4.69) is 25.3 Å². The van der Waals surface area contributed by atoms with Gasteiger partial charge in [0.1, 0.15) is 0 Å². The Kier molecular flexibility index (Phi) is 5.46. The Bertz CT molecular complexity index is 211. The highest BCUT2D eigenvalue weighted by molar-refractivity contribution is 5.69. The fourth-order valence-electron chi connectivity index (χ4n) is 1.23. The van der Waals surface area contributed by atoms with Gasteiger partial charge in [-0.2, -0.15) is 0 Å². The molecule has 1 atom stereocenters. The Hall–Kier alpha value is -0.830. The summed E-state index contributed by atoms with van der Waals surface area (Å²) in [4.78, 5) is 12.8. The third-order valence-electron chi connectivity index (χ3n) is 2.13. The van der Waals surface area contributed by atoms with Crippen molar-refractivity contribution in [2.24, 2.45) is 5.92 Å². The van der Waals surface area contributed by atoms with E-state index in [0.717, 1.165) is 12.1 Å². The summed E-state index contributed by atoms with van der Waals surface area (Å²) in [6.45, 7) is 13.0. The molecule has 0 saturated carbocycles. The van der Waals surface area contributed by atoms with Crippen LogP contribution in [0.2, 0.25) is 0 Å². The van der Waals surface area contributed by atoms with Crippen molar-refractivity contribution in [3.63, 3.8) is 0 Å². The Morgan fingerprint density at radius 2 is 1.93 bits per heavy atom. The molecule has 0 heterocycles. The first-order valence-electron chi connectivity index (χ1n) is 4.95. The minimum Gasteiger partial charge on any atom is -0.481 e. The quantitative estimate of drug-likeness (QED) is 0.665. The molecule has 0 amide bonds. The highest BCUT2D eigenvalue weighted by Gasteiger charge is 2.17. The third-order valence-corrected chi connectivity index (χ3v) is 2.13. The molecule has 1 N–H and O–H groups in total. The van der Waals surface area contributed by atoms with E-state index in [-0.39, 0.29) is 5.92 Å². The van der Waals surface area contributed by atoms with Gasteiger partial charge >= 0.3 is 5.97 Å². The van der Waals surface area contributed by atoms with Crippen molar-refractivity contribution < 1.29 is 9.90 Å². The van der Waals surface area contributed by atoms with Crippen LogP contribution in [0.5, 0.6) is 0 Å². The van der Waals surface area contributed by atoms with Crippen LogP contribution < -0.4 is 0 Å². The number of rotatable bonds is 6. The molecule has 82 valence electrons. The maximum absolute atomic E-state index is 10.7. The normalized spacial score (nSPS) is 13.3. The lowest BCUT2D eigenvalue weighted by atomic mass is 10.1. The number of carbonyl (C=O) groups is 1. The summed E-state index contributed by atoms with van der Waals surface area (Å²) in [5.74, 6) is -1.06. The molecule has 14 heavy (non-hydrogen) atoms. The number of aliphatic carboxylic acids is 1. The van der Waals surface area contributed by atoms with Crippen molar-refractivity contribution in [1.29, 1.82) is 0 Å². The number of hydrogen-bond donors (Lipinski definition) is 1. The smallest absolute Gasteiger partial charge is 0.307 e. The molecule has 0 aromatic rings. The molecule has 0 aromatic carbocycles. The standard InChI is InChI=1S/C11H21NO2/c1-8(2)6-12(9(3)4)7-10(5)11(13)14/h9-10H,1,6-7H2,2-5H3,(H,13,14). The molecule has 3 nitrogen and oxygen atoms in total. The van der Waals surface area contributed by atoms with E-state index in [0.29, 0.717) is 12.6 Å². The summed E-state index contributed by atoms with van der Waals surface area (Å²) in [7, 11) is 0. The van der Waals surface area contributed by atoms with Gasteiger partial charge in [-0.25, -0.2) is 0 Å². The van der Waals surface area contributed by atoms with Crippen molar-refractivity contribution in [2.45, 2.75) is 33.7 Å². The van der Waals surface area contributed by atoms with Crippen LogP contribution in [0.4, 0.5) is 0 Å².